The number of rotatable bonds is 2. The van der Waals surface area contributed by atoms with Gasteiger partial charge in [0.1, 0.15) is 11.5 Å². The topological polar surface area (TPSA) is 12.5 Å². The van der Waals surface area contributed by atoms with E-state index in [9.17, 15) is 0 Å². The Morgan fingerprint density at radius 3 is 1.78 bits per heavy atom. The lowest BCUT2D eigenvalue weighted by Gasteiger charge is -2.41. The summed E-state index contributed by atoms with van der Waals surface area (Å²) in [7, 11) is 0. The van der Waals surface area contributed by atoms with Gasteiger partial charge in [-0.1, -0.05) is 135 Å². The molecule has 2 heterocycles. The molecule has 2 aliphatic heterocycles. The molecule has 6 aromatic rings. The Morgan fingerprint density at radius 2 is 1.08 bits per heavy atom. The number of fused-ring (bicyclic) bond motifs is 5. The van der Waals surface area contributed by atoms with Crippen LogP contribution in [0.25, 0.3) is 21.9 Å². The molecule has 0 aromatic heterocycles. The van der Waals surface area contributed by atoms with E-state index < -0.39 is 0 Å². The van der Waals surface area contributed by atoms with Crippen molar-refractivity contribution in [3.05, 3.63) is 132 Å². The summed E-state index contributed by atoms with van der Waals surface area (Å²) in [6.07, 6.45) is 0. The van der Waals surface area contributed by atoms with E-state index in [-0.39, 0.29) is 23.0 Å². The minimum absolute atomic E-state index is 0.00482. The molecule has 0 unspecified atom stereocenters. The largest absolute Gasteiger partial charge is 0.458 e. The molecule has 244 valence electrons. The summed E-state index contributed by atoms with van der Waals surface area (Å²) in [5.74, 6) is 1.89. The monoisotopic (exact) mass is 639 g/mol. The predicted octanol–water partition coefficient (Wildman–Crippen LogP) is 10.8. The second kappa shape index (κ2) is 10.9. The highest BCUT2D eigenvalue weighted by atomic mass is 16.5. The third-order valence-electron chi connectivity index (χ3n) is 10.6. The lowest BCUT2D eigenvalue weighted by Crippen LogP contribution is -2.59. The van der Waals surface area contributed by atoms with Crippen molar-refractivity contribution in [1.29, 1.82) is 0 Å². The first-order valence-electron chi connectivity index (χ1n) is 17.7. The van der Waals surface area contributed by atoms with Crippen molar-refractivity contribution in [2.45, 2.75) is 78.6 Å². The summed E-state index contributed by atoms with van der Waals surface area (Å²) in [5, 5.41) is 2.50. The van der Waals surface area contributed by atoms with Crippen LogP contribution in [0, 0.1) is 0 Å². The zero-order chi connectivity index (χ0) is 34.5. The van der Waals surface area contributed by atoms with Crippen molar-refractivity contribution in [1.82, 2.24) is 0 Å². The summed E-state index contributed by atoms with van der Waals surface area (Å²) in [6, 6.07) is 43.3. The van der Waals surface area contributed by atoms with Gasteiger partial charge >= 0.3 is 0 Å². The fourth-order valence-corrected chi connectivity index (χ4v) is 7.67. The van der Waals surface area contributed by atoms with Gasteiger partial charge in [0.15, 0.2) is 0 Å². The summed E-state index contributed by atoms with van der Waals surface area (Å²) < 4.78 is 6.79. The van der Waals surface area contributed by atoms with Crippen LogP contribution in [0.15, 0.2) is 115 Å². The van der Waals surface area contributed by atoms with E-state index in [1.165, 1.54) is 72.0 Å². The normalized spacial score (nSPS) is 13.9. The highest BCUT2D eigenvalue weighted by Gasteiger charge is 2.43. The van der Waals surface area contributed by atoms with Crippen molar-refractivity contribution in [2.24, 2.45) is 0 Å². The van der Waals surface area contributed by atoms with E-state index in [4.69, 9.17) is 4.74 Å². The molecule has 3 heteroatoms. The van der Waals surface area contributed by atoms with Crippen molar-refractivity contribution in [2.75, 3.05) is 4.90 Å². The van der Waals surface area contributed by atoms with Gasteiger partial charge in [-0.3, -0.25) is 0 Å². The van der Waals surface area contributed by atoms with E-state index in [0.717, 1.165) is 11.5 Å². The van der Waals surface area contributed by atoms with Crippen molar-refractivity contribution >= 4 is 50.9 Å². The van der Waals surface area contributed by atoms with E-state index in [1.807, 2.05) is 0 Å². The summed E-state index contributed by atoms with van der Waals surface area (Å²) in [4.78, 5) is 2.51. The van der Waals surface area contributed by atoms with Gasteiger partial charge in [-0.15, -0.1) is 0 Å². The summed E-state index contributed by atoms with van der Waals surface area (Å²) in [5.41, 5.74) is 13.8. The maximum atomic E-state index is 6.79. The maximum Gasteiger partial charge on any atom is 0.256 e. The SMILES string of the molecule is CC(C)(C)c1ccc2c(c1)B1c3cc(C(C)(C)C)ccc3N(c3ccc(C(C)(C)C)cc3-c3ccc4ccccc4c3)c3cccc(c31)O2. The molecule has 2 nitrogen and oxygen atoms in total. The summed E-state index contributed by atoms with van der Waals surface area (Å²) in [6.45, 7) is 20.8. The third kappa shape index (κ3) is 5.26. The fourth-order valence-electron chi connectivity index (χ4n) is 7.67. The number of ether oxygens (including phenoxy) is 1. The number of anilines is 3. The molecular formula is C46H46BNO. The zero-order valence-corrected chi connectivity index (χ0v) is 30.4. The van der Waals surface area contributed by atoms with Gasteiger partial charge in [0.25, 0.3) is 6.71 Å². The van der Waals surface area contributed by atoms with Crippen LogP contribution in [0.2, 0.25) is 0 Å². The van der Waals surface area contributed by atoms with Crippen LogP contribution in [0.4, 0.5) is 17.1 Å². The number of nitrogens with zero attached hydrogens (tertiary/aromatic N) is 1. The second-order valence-electron chi connectivity index (χ2n) is 17.1. The molecule has 0 radical (unpaired) electrons. The second-order valence-corrected chi connectivity index (χ2v) is 17.1. The average Bonchev–Trinajstić information content (AvgIpc) is 3.06. The molecule has 0 N–H and O–H groups in total. The Labute approximate surface area is 292 Å². The van der Waals surface area contributed by atoms with Crippen LogP contribution in [0.1, 0.15) is 79.0 Å². The Balaban J connectivity index is 1.43. The predicted molar refractivity (Wildman–Crippen MR) is 211 cm³/mol. The van der Waals surface area contributed by atoms with Crippen molar-refractivity contribution in [3.63, 3.8) is 0 Å². The van der Waals surface area contributed by atoms with Crippen LogP contribution in [0.3, 0.4) is 0 Å². The fraction of sp³-hybridized carbons (Fsp3) is 0.261. The quantitative estimate of drug-likeness (QED) is 0.175. The molecular weight excluding hydrogens is 593 g/mol. The van der Waals surface area contributed by atoms with Crippen LogP contribution in [-0.4, -0.2) is 6.71 Å². The first kappa shape index (κ1) is 31.5. The lowest BCUT2D eigenvalue weighted by molar-refractivity contribution is 0.486. The van der Waals surface area contributed by atoms with Crippen LogP contribution in [0.5, 0.6) is 11.5 Å². The number of hydrogen-bond acceptors (Lipinski definition) is 2. The smallest absolute Gasteiger partial charge is 0.256 e. The number of hydrogen-bond donors (Lipinski definition) is 0. The minimum atomic E-state index is 0.00482. The van der Waals surface area contributed by atoms with Gasteiger partial charge in [-0.05, 0) is 108 Å². The first-order valence-corrected chi connectivity index (χ1v) is 17.7. The van der Waals surface area contributed by atoms with Gasteiger partial charge in [0.05, 0.1) is 5.69 Å². The Bertz CT molecular complexity index is 2280. The van der Waals surface area contributed by atoms with Gasteiger partial charge < -0.3 is 9.64 Å². The van der Waals surface area contributed by atoms with Gasteiger partial charge in [-0.2, -0.15) is 0 Å². The molecule has 0 spiro atoms. The molecule has 0 saturated carbocycles. The Kier molecular flexibility index (Phi) is 6.99. The van der Waals surface area contributed by atoms with Crippen LogP contribution in [-0.2, 0) is 16.2 Å². The Hall–Kier alpha value is -4.76. The van der Waals surface area contributed by atoms with Gasteiger partial charge in [-0.25, -0.2) is 0 Å². The third-order valence-corrected chi connectivity index (χ3v) is 10.6. The molecule has 2 aliphatic rings. The standard InChI is InChI=1S/C46H46BNO/c1-44(2,3)32-19-22-38(35(26-32)31-18-17-29-13-10-11-14-30(29)25-31)48-39-23-20-33(45(4,5)6)27-36(39)47-37-28-34(46(7,8)9)21-24-41(37)49-42-16-12-15-40(48)43(42)47/h10-28H,1-9H3. The van der Waals surface area contributed by atoms with Crippen molar-refractivity contribution in [3.8, 4) is 22.6 Å². The molecule has 0 fully saturated rings. The highest BCUT2D eigenvalue weighted by molar-refractivity contribution is 6.99. The molecule has 0 bridgehead atoms. The molecule has 0 aliphatic carbocycles. The molecule has 8 rings (SSSR count). The molecule has 49 heavy (non-hydrogen) atoms. The molecule has 0 saturated heterocycles. The van der Waals surface area contributed by atoms with E-state index in [0.29, 0.717) is 0 Å². The van der Waals surface area contributed by atoms with Crippen LogP contribution < -0.4 is 26.0 Å². The first-order chi connectivity index (χ1) is 23.2. The Morgan fingerprint density at radius 1 is 0.469 bits per heavy atom. The average molecular weight is 640 g/mol. The maximum absolute atomic E-state index is 6.79. The van der Waals surface area contributed by atoms with Gasteiger partial charge in [0, 0.05) is 16.9 Å². The molecule has 6 aromatic carbocycles. The summed E-state index contributed by atoms with van der Waals surface area (Å²) >= 11 is 0. The van der Waals surface area contributed by atoms with E-state index in [1.54, 1.807) is 0 Å². The molecule has 0 amide bonds. The van der Waals surface area contributed by atoms with Crippen molar-refractivity contribution < 1.29 is 4.74 Å². The highest BCUT2D eigenvalue weighted by Crippen LogP contribution is 2.46. The van der Waals surface area contributed by atoms with E-state index >= 15 is 0 Å². The van der Waals surface area contributed by atoms with E-state index in [2.05, 4.69) is 182 Å². The minimum Gasteiger partial charge on any atom is -0.458 e. The zero-order valence-electron chi connectivity index (χ0n) is 30.4. The van der Waals surface area contributed by atoms with Crippen LogP contribution >= 0.6 is 0 Å². The lowest BCUT2D eigenvalue weighted by atomic mass is 9.34. The van der Waals surface area contributed by atoms with Gasteiger partial charge in [0.2, 0.25) is 0 Å². The number of benzene rings is 6. The molecule has 0 atom stereocenters.